The Morgan fingerprint density at radius 1 is 1.26 bits per heavy atom. The maximum atomic E-state index is 12.4. The van der Waals surface area contributed by atoms with Crippen LogP contribution in [0.2, 0.25) is 0 Å². The molecule has 0 N–H and O–H groups in total. The quantitative estimate of drug-likeness (QED) is 0.814. The van der Waals surface area contributed by atoms with E-state index in [1.807, 2.05) is 18.2 Å². The molecule has 0 atom stereocenters. The van der Waals surface area contributed by atoms with Gasteiger partial charge in [0.05, 0.1) is 6.54 Å². The first-order chi connectivity index (χ1) is 11.1. The van der Waals surface area contributed by atoms with Crippen molar-refractivity contribution in [3.05, 3.63) is 60.8 Å². The summed E-state index contributed by atoms with van der Waals surface area (Å²) in [6.45, 7) is 0.848. The number of hydrogen-bond acceptors (Lipinski definition) is 4. The summed E-state index contributed by atoms with van der Waals surface area (Å²) < 4.78 is 9.11. The number of halogens is 1. The predicted molar refractivity (Wildman–Crippen MR) is 87.6 cm³/mol. The average molecular weight is 376 g/mol. The highest BCUT2D eigenvalue weighted by molar-refractivity contribution is 9.10. The number of benzene rings is 1. The minimum atomic E-state index is -0.523. The minimum Gasteiger partial charge on any atom is -0.492 e. The Labute approximate surface area is 140 Å². The van der Waals surface area contributed by atoms with E-state index in [4.69, 9.17) is 4.74 Å². The molecule has 1 aromatic carbocycles. The van der Waals surface area contributed by atoms with E-state index in [9.17, 15) is 14.9 Å². The Balaban J connectivity index is 1.84. The monoisotopic (exact) mass is 375 g/mol. The summed E-state index contributed by atoms with van der Waals surface area (Å²) in [5.74, 6) is 0.656. The van der Waals surface area contributed by atoms with Crippen LogP contribution >= 0.6 is 15.9 Å². The Kier molecular flexibility index (Phi) is 4.35. The van der Waals surface area contributed by atoms with Crippen molar-refractivity contribution < 1.29 is 4.74 Å². The van der Waals surface area contributed by atoms with Crippen molar-refractivity contribution in [2.24, 2.45) is 0 Å². The van der Waals surface area contributed by atoms with E-state index in [-0.39, 0.29) is 24.4 Å². The van der Waals surface area contributed by atoms with Crippen LogP contribution in [-0.4, -0.2) is 15.7 Å². The van der Waals surface area contributed by atoms with Gasteiger partial charge in [0, 0.05) is 16.7 Å². The number of rotatable bonds is 4. The van der Waals surface area contributed by atoms with Gasteiger partial charge < -0.3 is 4.74 Å². The molecule has 0 spiro atoms. The molecule has 3 rings (SSSR count). The highest BCUT2D eigenvalue weighted by Gasteiger charge is 2.22. The van der Waals surface area contributed by atoms with E-state index in [1.54, 1.807) is 12.1 Å². The highest BCUT2D eigenvalue weighted by Crippen LogP contribution is 2.16. The van der Waals surface area contributed by atoms with Crippen LogP contribution in [0.4, 0.5) is 0 Å². The number of nitrogens with zero attached hydrogens (tertiary/aromatic N) is 3. The summed E-state index contributed by atoms with van der Waals surface area (Å²) in [6.07, 6.45) is 1.38. The molecule has 1 aromatic heterocycles. The topological polar surface area (TPSA) is 77.0 Å². The van der Waals surface area contributed by atoms with Gasteiger partial charge in [0.25, 0.3) is 5.56 Å². The van der Waals surface area contributed by atoms with Gasteiger partial charge in [-0.2, -0.15) is 5.26 Å². The number of aromatic nitrogens is 2. The molecule has 6 nitrogen and oxygen atoms in total. The molecule has 118 valence electrons. The van der Waals surface area contributed by atoms with Gasteiger partial charge in [0.2, 0.25) is 0 Å². The van der Waals surface area contributed by atoms with Crippen LogP contribution in [0.3, 0.4) is 0 Å². The van der Waals surface area contributed by atoms with Crippen LogP contribution in [-0.2, 0) is 19.5 Å². The van der Waals surface area contributed by atoms with Crippen molar-refractivity contribution in [2.75, 3.05) is 6.61 Å². The Morgan fingerprint density at radius 2 is 2.00 bits per heavy atom. The van der Waals surface area contributed by atoms with Gasteiger partial charge in [-0.1, -0.05) is 15.9 Å². The molecule has 0 saturated carbocycles. The van der Waals surface area contributed by atoms with Crippen LogP contribution in [0.1, 0.15) is 17.7 Å². The number of hydrogen-bond donors (Lipinski definition) is 0. The molecule has 0 radical (unpaired) electrons. The van der Waals surface area contributed by atoms with Crippen LogP contribution in [0, 0.1) is 11.3 Å². The molecular formula is C16H14BrN3O3. The van der Waals surface area contributed by atoms with Gasteiger partial charge in [-0.15, -0.1) is 0 Å². The molecule has 23 heavy (non-hydrogen) atoms. The molecule has 0 saturated heterocycles. The van der Waals surface area contributed by atoms with Crippen molar-refractivity contribution in [1.82, 2.24) is 9.13 Å². The fourth-order valence-corrected chi connectivity index (χ4v) is 3.00. The first-order valence-electron chi connectivity index (χ1n) is 7.27. The van der Waals surface area contributed by atoms with Crippen molar-refractivity contribution in [2.45, 2.75) is 25.9 Å². The van der Waals surface area contributed by atoms with E-state index in [2.05, 4.69) is 15.9 Å². The molecule has 0 aliphatic carbocycles. The Morgan fingerprint density at radius 3 is 2.70 bits per heavy atom. The lowest BCUT2D eigenvalue weighted by Gasteiger charge is -2.11. The van der Waals surface area contributed by atoms with Gasteiger partial charge in [0.15, 0.2) is 0 Å². The zero-order valence-electron chi connectivity index (χ0n) is 12.3. The molecule has 0 fully saturated rings. The number of ether oxygens (including phenoxy) is 1. The normalized spacial score (nSPS) is 12.7. The van der Waals surface area contributed by atoms with Crippen molar-refractivity contribution in [3.8, 4) is 11.8 Å². The summed E-state index contributed by atoms with van der Waals surface area (Å²) in [5.41, 5.74) is -0.246. The van der Waals surface area contributed by atoms with Gasteiger partial charge >= 0.3 is 5.69 Å². The third-order valence-electron chi connectivity index (χ3n) is 3.84. The van der Waals surface area contributed by atoms with E-state index in [1.165, 1.54) is 4.57 Å². The van der Waals surface area contributed by atoms with Crippen LogP contribution in [0.15, 0.2) is 38.3 Å². The third-order valence-corrected chi connectivity index (χ3v) is 4.37. The Hall–Kier alpha value is -2.33. The third kappa shape index (κ3) is 2.94. The highest BCUT2D eigenvalue weighted by atomic mass is 79.9. The van der Waals surface area contributed by atoms with E-state index >= 15 is 0 Å². The lowest BCUT2D eigenvalue weighted by Crippen LogP contribution is -2.42. The number of fused-ring (bicyclic) bond motifs is 1. The van der Waals surface area contributed by atoms with Crippen molar-refractivity contribution >= 4 is 15.9 Å². The molecule has 0 amide bonds. The van der Waals surface area contributed by atoms with E-state index in [0.717, 1.165) is 15.5 Å². The Bertz CT molecular complexity index is 891. The molecule has 7 heteroatoms. The molecule has 2 aromatic rings. The molecular weight excluding hydrogens is 362 g/mol. The first-order valence-corrected chi connectivity index (χ1v) is 8.06. The van der Waals surface area contributed by atoms with Gasteiger partial charge in [-0.05, 0) is 37.1 Å². The second-order valence-electron chi connectivity index (χ2n) is 5.23. The minimum absolute atomic E-state index is 0.0748. The summed E-state index contributed by atoms with van der Waals surface area (Å²) in [6, 6.07) is 9.22. The maximum absolute atomic E-state index is 12.4. The van der Waals surface area contributed by atoms with Crippen molar-refractivity contribution in [1.29, 1.82) is 5.26 Å². The fraction of sp³-hybridized carbons (Fsp3) is 0.312. The lowest BCUT2D eigenvalue weighted by atomic mass is 10.2. The van der Waals surface area contributed by atoms with Crippen LogP contribution < -0.4 is 16.0 Å². The largest absolute Gasteiger partial charge is 0.492 e. The van der Waals surface area contributed by atoms with E-state index in [0.29, 0.717) is 24.4 Å². The molecule has 0 bridgehead atoms. The number of nitriles is 1. The van der Waals surface area contributed by atoms with E-state index < -0.39 is 5.56 Å². The van der Waals surface area contributed by atoms with Crippen molar-refractivity contribution in [3.63, 3.8) is 0 Å². The second kappa shape index (κ2) is 6.42. The average Bonchev–Trinajstić information content (AvgIpc) is 3.02. The van der Waals surface area contributed by atoms with Crippen LogP contribution in [0.5, 0.6) is 5.75 Å². The summed E-state index contributed by atoms with van der Waals surface area (Å²) >= 11 is 3.34. The van der Waals surface area contributed by atoms with Gasteiger partial charge in [-0.25, -0.2) is 4.79 Å². The fourth-order valence-electron chi connectivity index (χ4n) is 2.73. The molecule has 2 heterocycles. The lowest BCUT2D eigenvalue weighted by molar-refractivity contribution is 0.291. The smallest absolute Gasteiger partial charge is 0.331 e. The second-order valence-corrected chi connectivity index (χ2v) is 6.15. The van der Waals surface area contributed by atoms with Gasteiger partial charge in [0.1, 0.15) is 24.0 Å². The molecule has 0 unspecified atom stereocenters. The predicted octanol–water partition coefficient (Wildman–Crippen LogP) is 1.67. The summed E-state index contributed by atoms with van der Waals surface area (Å²) in [5, 5.41) is 9.21. The van der Waals surface area contributed by atoms with Gasteiger partial charge in [-0.3, -0.25) is 13.9 Å². The molecule has 1 aliphatic heterocycles. The zero-order chi connectivity index (χ0) is 16.4. The summed E-state index contributed by atoms with van der Waals surface area (Å²) in [4.78, 5) is 24.7. The molecule has 1 aliphatic rings. The van der Waals surface area contributed by atoms with Crippen LogP contribution in [0.25, 0.3) is 0 Å². The summed E-state index contributed by atoms with van der Waals surface area (Å²) in [7, 11) is 0. The first kappa shape index (κ1) is 15.6. The standard InChI is InChI=1S/C16H14BrN3O3/c17-11-3-5-12(6-4-11)23-9-8-20-15(21)13(10-18)14-2-1-7-19(14)16(20)22/h3-6H,1-2,7-9H2. The SMILES string of the molecule is N#Cc1c2n(c(=O)n(CCOc3ccc(Br)cc3)c1=O)CCC2. The zero-order valence-corrected chi connectivity index (χ0v) is 13.9. The maximum Gasteiger partial charge on any atom is 0.331 e.